The lowest BCUT2D eigenvalue weighted by Crippen LogP contribution is -2.61. The van der Waals surface area contributed by atoms with Crippen molar-refractivity contribution in [3.63, 3.8) is 0 Å². The van der Waals surface area contributed by atoms with Crippen molar-refractivity contribution in [1.82, 2.24) is 0 Å². The maximum absolute atomic E-state index is 13.3. The summed E-state index contributed by atoms with van der Waals surface area (Å²) in [7, 11) is 0. The Bertz CT molecular complexity index is 382. The smallest absolute Gasteiger partial charge is 0.387 e. The fourth-order valence-corrected chi connectivity index (χ4v) is 2.15. The number of rotatable bonds is 7. The van der Waals surface area contributed by atoms with Gasteiger partial charge in [0.2, 0.25) is 0 Å². The van der Waals surface area contributed by atoms with Gasteiger partial charge in [0.25, 0.3) is 0 Å². The predicted octanol–water partition coefficient (Wildman–Crippen LogP) is 4.68. The molecule has 0 fully saturated rings. The number of alkyl halides is 10. The minimum atomic E-state index is -6.35. The Morgan fingerprint density at radius 2 is 1.48 bits per heavy atom. The molecular formula is C9H8F8I2O2. The van der Waals surface area contributed by atoms with Gasteiger partial charge >= 0.3 is 27.7 Å². The van der Waals surface area contributed by atoms with Gasteiger partial charge in [0.15, 0.2) is 0 Å². The molecule has 0 spiro atoms. The van der Waals surface area contributed by atoms with E-state index >= 15 is 0 Å². The highest BCUT2D eigenvalue weighted by atomic mass is 127. The van der Waals surface area contributed by atoms with Crippen LogP contribution in [0.25, 0.3) is 0 Å². The van der Waals surface area contributed by atoms with Gasteiger partial charge in [-0.1, -0.05) is 22.6 Å². The summed E-state index contributed by atoms with van der Waals surface area (Å²) < 4.78 is 101. The monoisotopic (exact) mass is 554 g/mol. The number of esters is 1. The molecule has 0 aliphatic heterocycles. The van der Waals surface area contributed by atoms with Gasteiger partial charge in [-0.25, -0.2) is 0 Å². The molecule has 0 radical (unpaired) electrons. The van der Waals surface area contributed by atoms with Crippen LogP contribution in [-0.4, -0.2) is 38.2 Å². The molecule has 126 valence electrons. The molecule has 21 heavy (non-hydrogen) atoms. The lowest BCUT2D eigenvalue weighted by Gasteiger charge is -2.35. The summed E-state index contributed by atoms with van der Waals surface area (Å²) in [5, 5.41) is 0. The molecule has 0 saturated heterocycles. The molecule has 1 atom stereocenters. The lowest BCUT2D eigenvalue weighted by atomic mass is 10.0. The maximum Gasteiger partial charge on any atom is 0.387 e. The summed E-state index contributed by atoms with van der Waals surface area (Å²) in [4.78, 5) is 11.0. The molecule has 0 bridgehead atoms. The number of halogens is 10. The van der Waals surface area contributed by atoms with E-state index in [1.54, 1.807) is 0 Å². The van der Waals surface area contributed by atoms with Crippen molar-refractivity contribution in [1.29, 1.82) is 0 Å². The Morgan fingerprint density at radius 3 is 1.81 bits per heavy atom. The molecule has 1 unspecified atom stereocenters. The SMILES string of the molecule is CCOC(=O)C(I)CC(F)(F)C(F)(F)C(F)(F)C(F)(F)I. The van der Waals surface area contributed by atoms with Crippen LogP contribution < -0.4 is 0 Å². The van der Waals surface area contributed by atoms with Gasteiger partial charge in [-0.05, 0) is 6.92 Å². The van der Waals surface area contributed by atoms with Crippen molar-refractivity contribution in [2.75, 3.05) is 6.61 Å². The molecule has 0 aliphatic carbocycles. The molecule has 12 heteroatoms. The third kappa shape index (κ3) is 4.43. The molecule has 0 aliphatic rings. The van der Waals surface area contributed by atoms with Crippen LogP contribution >= 0.6 is 45.2 Å². The fraction of sp³-hybridized carbons (Fsp3) is 0.889. The Balaban J connectivity index is 5.35. The molecule has 0 aromatic heterocycles. The number of hydrogen-bond acceptors (Lipinski definition) is 2. The molecule has 0 aromatic carbocycles. The molecule has 0 rings (SSSR count). The first-order valence-electron chi connectivity index (χ1n) is 5.12. The van der Waals surface area contributed by atoms with Crippen molar-refractivity contribution < 1.29 is 44.7 Å². The molecule has 0 heterocycles. The number of ether oxygens (including phenoxy) is 1. The van der Waals surface area contributed by atoms with E-state index in [0.717, 1.165) is 22.6 Å². The van der Waals surface area contributed by atoms with Crippen molar-refractivity contribution >= 4 is 51.2 Å². The van der Waals surface area contributed by atoms with Crippen LogP contribution in [-0.2, 0) is 9.53 Å². The van der Waals surface area contributed by atoms with E-state index in [-0.39, 0.29) is 29.2 Å². The van der Waals surface area contributed by atoms with Crippen LogP contribution in [0.15, 0.2) is 0 Å². The Morgan fingerprint density at radius 1 is 1.05 bits per heavy atom. The molecular weight excluding hydrogens is 546 g/mol. The van der Waals surface area contributed by atoms with Crippen molar-refractivity contribution in [3.8, 4) is 0 Å². The second kappa shape index (κ2) is 6.86. The van der Waals surface area contributed by atoms with Crippen LogP contribution in [0.3, 0.4) is 0 Å². The third-order valence-corrected chi connectivity index (χ3v) is 3.81. The quantitative estimate of drug-likeness (QED) is 0.198. The van der Waals surface area contributed by atoms with E-state index in [1.807, 2.05) is 0 Å². The summed E-state index contributed by atoms with van der Waals surface area (Å²) in [6.45, 7) is 1.06. The number of hydrogen-bond donors (Lipinski definition) is 0. The van der Waals surface area contributed by atoms with Gasteiger partial charge in [-0.2, -0.15) is 35.1 Å². The average Bonchev–Trinajstić information content (AvgIpc) is 2.26. The second-order valence-electron chi connectivity index (χ2n) is 3.77. The number of carbonyl (C=O) groups is 1. The summed E-state index contributed by atoms with van der Waals surface area (Å²) in [5.41, 5.74) is 0. The fourth-order valence-electron chi connectivity index (χ4n) is 1.08. The van der Waals surface area contributed by atoms with E-state index in [2.05, 4.69) is 4.74 Å². The minimum absolute atomic E-state index is 0.248. The molecule has 2 nitrogen and oxygen atoms in total. The summed E-state index contributed by atoms with van der Waals surface area (Å²) in [6, 6.07) is 0. The van der Waals surface area contributed by atoms with Gasteiger partial charge in [-0.3, -0.25) is 4.79 Å². The normalized spacial score (nSPS) is 15.8. The Hall–Kier alpha value is 0.370. The van der Waals surface area contributed by atoms with E-state index in [9.17, 15) is 39.9 Å². The third-order valence-electron chi connectivity index (χ3n) is 2.19. The van der Waals surface area contributed by atoms with Crippen molar-refractivity contribution in [2.45, 2.75) is 39.0 Å². The lowest BCUT2D eigenvalue weighted by molar-refractivity contribution is -0.342. The zero-order valence-electron chi connectivity index (χ0n) is 10.1. The highest BCUT2D eigenvalue weighted by molar-refractivity contribution is 14.1. The van der Waals surface area contributed by atoms with Gasteiger partial charge in [0.1, 0.15) is 3.92 Å². The maximum atomic E-state index is 13.3. The Labute approximate surface area is 141 Å². The first-order valence-corrected chi connectivity index (χ1v) is 7.45. The highest BCUT2D eigenvalue weighted by Gasteiger charge is 2.79. The summed E-state index contributed by atoms with van der Waals surface area (Å²) in [6.07, 6.45) is -2.07. The standard InChI is InChI=1S/C9H8F8I2O2/c1-2-21-5(20)4(18)3-6(10,11)7(12,13)8(14,15)9(16,17)19/h4H,2-3H2,1H3. The molecule has 0 N–H and O–H groups in total. The molecule has 0 amide bonds. The van der Waals surface area contributed by atoms with Crippen LogP contribution in [0.4, 0.5) is 35.1 Å². The largest absolute Gasteiger partial charge is 0.465 e. The van der Waals surface area contributed by atoms with E-state index in [0.29, 0.717) is 0 Å². The van der Waals surface area contributed by atoms with Gasteiger partial charge in [0.05, 0.1) is 6.61 Å². The summed E-state index contributed by atoms with van der Waals surface area (Å²) in [5.74, 6) is -19.5. The van der Waals surface area contributed by atoms with E-state index in [1.165, 1.54) is 6.92 Å². The van der Waals surface area contributed by atoms with Gasteiger partial charge in [-0.15, -0.1) is 0 Å². The second-order valence-corrected chi connectivity index (χ2v) is 6.63. The average molecular weight is 554 g/mol. The van der Waals surface area contributed by atoms with Crippen molar-refractivity contribution in [3.05, 3.63) is 0 Å². The van der Waals surface area contributed by atoms with Crippen molar-refractivity contribution in [2.24, 2.45) is 0 Å². The summed E-state index contributed by atoms with van der Waals surface area (Å²) >= 11 is 0.638. The highest BCUT2D eigenvalue weighted by Crippen LogP contribution is 2.56. The molecule has 0 saturated carbocycles. The van der Waals surface area contributed by atoms with Crippen LogP contribution in [0.2, 0.25) is 0 Å². The zero-order chi connectivity index (χ0) is 17.3. The molecule has 0 aromatic rings. The Kier molecular flexibility index (Phi) is 6.98. The number of carbonyl (C=O) groups excluding carboxylic acids is 1. The first kappa shape index (κ1) is 21.4. The first-order chi connectivity index (χ1) is 9.12. The zero-order valence-corrected chi connectivity index (χ0v) is 14.4. The van der Waals surface area contributed by atoms with E-state index < -0.39 is 38.0 Å². The van der Waals surface area contributed by atoms with Gasteiger partial charge in [0, 0.05) is 29.0 Å². The van der Waals surface area contributed by atoms with Gasteiger partial charge < -0.3 is 4.74 Å². The topological polar surface area (TPSA) is 26.3 Å². The van der Waals surface area contributed by atoms with E-state index in [4.69, 9.17) is 0 Å². The van der Waals surface area contributed by atoms with Crippen LogP contribution in [0.1, 0.15) is 13.3 Å². The van der Waals surface area contributed by atoms with Crippen LogP contribution in [0.5, 0.6) is 0 Å². The van der Waals surface area contributed by atoms with Crippen LogP contribution in [0, 0.1) is 0 Å². The minimum Gasteiger partial charge on any atom is -0.465 e. The predicted molar refractivity (Wildman–Crippen MR) is 72.9 cm³/mol.